The second kappa shape index (κ2) is 11.0. The van der Waals surface area contributed by atoms with Crippen LogP contribution in [0.4, 0.5) is 0 Å². The molecular formula is C13H25NO4S. The first-order valence-corrected chi connectivity index (χ1v) is 7.91. The predicted octanol–water partition coefficient (Wildman–Crippen LogP) is 2.69. The molecule has 0 rings (SSSR count). The fraction of sp³-hybridized carbons (Fsp3) is 0.769. The molecule has 0 fully saturated rings. The van der Waals surface area contributed by atoms with Crippen molar-refractivity contribution in [1.29, 1.82) is 0 Å². The van der Waals surface area contributed by atoms with Crippen LogP contribution in [0.1, 0.15) is 58.8 Å². The van der Waals surface area contributed by atoms with Crippen molar-refractivity contribution in [3.63, 3.8) is 0 Å². The topological polar surface area (TPSA) is 89.6 Å². The van der Waals surface area contributed by atoms with Crippen LogP contribution in [0, 0.1) is 0 Å². The van der Waals surface area contributed by atoms with Crippen molar-refractivity contribution in [2.75, 3.05) is 6.61 Å². The first-order valence-electron chi connectivity index (χ1n) is 6.81. The van der Waals surface area contributed by atoms with Gasteiger partial charge in [-0.3, -0.25) is 0 Å². The minimum Gasteiger partial charge on any atom is -0.461 e. The van der Waals surface area contributed by atoms with Gasteiger partial charge in [0.2, 0.25) is 0 Å². The summed E-state index contributed by atoms with van der Waals surface area (Å²) in [7, 11) is 0. The van der Waals surface area contributed by atoms with Crippen molar-refractivity contribution in [2.45, 2.75) is 58.8 Å². The molecule has 0 saturated heterocycles. The van der Waals surface area contributed by atoms with E-state index < -0.39 is 17.0 Å². The largest absolute Gasteiger partial charge is 0.461 e. The summed E-state index contributed by atoms with van der Waals surface area (Å²) in [5, 5.41) is 0. The maximum atomic E-state index is 11.5. The van der Waals surface area contributed by atoms with Gasteiger partial charge < -0.3 is 15.0 Å². The van der Waals surface area contributed by atoms with Crippen molar-refractivity contribution in [3.8, 4) is 0 Å². The van der Waals surface area contributed by atoms with Gasteiger partial charge in [-0.1, -0.05) is 46.0 Å². The van der Waals surface area contributed by atoms with Crippen LogP contribution in [0.5, 0.6) is 0 Å². The van der Waals surface area contributed by atoms with Gasteiger partial charge >= 0.3 is 5.97 Å². The third-order valence-electron chi connectivity index (χ3n) is 2.78. The fourth-order valence-corrected chi connectivity index (χ4v) is 2.17. The summed E-state index contributed by atoms with van der Waals surface area (Å²) in [6.07, 6.45) is 6.84. The summed E-state index contributed by atoms with van der Waals surface area (Å²) in [5.41, 5.74) is 5.26. The molecule has 0 aliphatic rings. The number of hydrogen-bond acceptors (Lipinski definition) is 4. The van der Waals surface area contributed by atoms with E-state index in [0.29, 0.717) is 6.61 Å². The zero-order chi connectivity index (χ0) is 14.7. The monoisotopic (exact) mass is 291 g/mol. The molecule has 0 heterocycles. The average molecular weight is 291 g/mol. The predicted molar refractivity (Wildman–Crippen MR) is 76.6 cm³/mol. The van der Waals surface area contributed by atoms with E-state index in [2.05, 4.69) is 6.92 Å². The molecule has 112 valence electrons. The van der Waals surface area contributed by atoms with Crippen LogP contribution in [-0.4, -0.2) is 21.3 Å². The number of carbonyl (C=O) groups excluding carboxylic acids is 1. The van der Waals surface area contributed by atoms with Crippen molar-refractivity contribution in [2.24, 2.45) is 5.73 Å². The van der Waals surface area contributed by atoms with Crippen LogP contribution < -0.4 is 5.73 Å². The Labute approximate surface area is 117 Å². The van der Waals surface area contributed by atoms with E-state index in [-0.39, 0.29) is 17.0 Å². The highest BCUT2D eigenvalue weighted by atomic mass is 32.2. The Morgan fingerprint density at radius 1 is 1.16 bits per heavy atom. The van der Waals surface area contributed by atoms with Gasteiger partial charge in [0.25, 0.3) is 0 Å². The zero-order valence-corrected chi connectivity index (χ0v) is 12.6. The van der Waals surface area contributed by atoms with Gasteiger partial charge in [0.1, 0.15) is 5.70 Å². The smallest absolute Gasteiger partial charge is 0.355 e. The Hall–Kier alpha value is -0.880. The third-order valence-corrected chi connectivity index (χ3v) is 3.71. The summed E-state index contributed by atoms with van der Waals surface area (Å²) in [5.74, 6) is -0.701. The summed E-state index contributed by atoms with van der Waals surface area (Å²) in [6, 6.07) is 0. The van der Waals surface area contributed by atoms with Crippen molar-refractivity contribution in [1.82, 2.24) is 0 Å². The second-order valence-electron chi connectivity index (χ2n) is 4.34. The van der Waals surface area contributed by atoms with Crippen LogP contribution in [0.3, 0.4) is 0 Å². The van der Waals surface area contributed by atoms with Gasteiger partial charge in [0.05, 0.1) is 11.5 Å². The lowest BCUT2D eigenvalue weighted by molar-refractivity contribution is -0.139. The number of hydrogen-bond donors (Lipinski definition) is 2. The van der Waals surface area contributed by atoms with Gasteiger partial charge in [-0.05, 0) is 12.8 Å². The number of ether oxygens (including phenoxy) is 1. The van der Waals surface area contributed by atoms with E-state index >= 15 is 0 Å². The molecule has 6 heteroatoms. The van der Waals surface area contributed by atoms with E-state index in [4.69, 9.17) is 15.0 Å². The molecule has 0 aromatic heterocycles. The van der Waals surface area contributed by atoms with Crippen molar-refractivity contribution < 1.29 is 18.3 Å². The summed E-state index contributed by atoms with van der Waals surface area (Å²) in [4.78, 5) is 11.6. The maximum absolute atomic E-state index is 11.5. The van der Waals surface area contributed by atoms with Crippen LogP contribution >= 0.6 is 0 Å². The lowest BCUT2D eigenvalue weighted by atomic mass is 10.1. The van der Waals surface area contributed by atoms with E-state index in [9.17, 15) is 9.00 Å². The SMILES string of the molecule is CCCCCCCCOC(=O)C(N)=C(CC)S(=O)O. The highest BCUT2D eigenvalue weighted by Gasteiger charge is 2.15. The standard InChI is InChI=1S/C13H25NO4S/c1-3-5-6-7-8-9-10-18-13(15)12(14)11(4-2)19(16)17/h3-10,14H2,1-2H3,(H,16,17). The Morgan fingerprint density at radius 3 is 2.26 bits per heavy atom. The summed E-state index contributed by atoms with van der Waals surface area (Å²) in [6.45, 7) is 4.13. The number of carbonyl (C=O) groups is 1. The molecule has 0 aromatic rings. The van der Waals surface area contributed by atoms with Crippen LogP contribution in [0.25, 0.3) is 0 Å². The van der Waals surface area contributed by atoms with Gasteiger partial charge in [-0.15, -0.1) is 0 Å². The number of rotatable bonds is 10. The number of esters is 1. The van der Waals surface area contributed by atoms with Crippen LogP contribution in [0.2, 0.25) is 0 Å². The maximum Gasteiger partial charge on any atom is 0.355 e. The lowest BCUT2D eigenvalue weighted by Crippen LogP contribution is -2.19. The molecule has 0 aliphatic heterocycles. The molecule has 0 radical (unpaired) electrons. The summed E-state index contributed by atoms with van der Waals surface area (Å²) < 4.78 is 24.8. The molecule has 0 aliphatic carbocycles. The lowest BCUT2D eigenvalue weighted by Gasteiger charge is -2.07. The number of allylic oxidation sites excluding steroid dienone is 1. The normalized spacial score (nSPS) is 13.8. The van der Waals surface area contributed by atoms with Gasteiger partial charge in [-0.25, -0.2) is 9.00 Å². The Morgan fingerprint density at radius 2 is 1.74 bits per heavy atom. The molecular weight excluding hydrogens is 266 g/mol. The quantitative estimate of drug-likeness (QED) is 0.279. The Balaban J connectivity index is 3.95. The molecule has 19 heavy (non-hydrogen) atoms. The van der Waals surface area contributed by atoms with Gasteiger partial charge in [0.15, 0.2) is 11.1 Å². The molecule has 0 aromatic carbocycles. The van der Waals surface area contributed by atoms with Crippen molar-refractivity contribution in [3.05, 3.63) is 10.6 Å². The molecule has 1 atom stereocenters. The average Bonchev–Trinajstić information content (AvgIpc) is 2.37. The molecule has 3 N–H and O–H groups in total. The van der Waals surface area contributed by atoms with E-state index in [0.717, 1.165) is 19.3 Å². The first kappa shape index (κ1) is 18.1. The van der Waals surface area contributed by atoms with E-state index in [1.165, 1.54) is 19.3 Å². The minimum atomic E-state index is -2.21. The highest BCUT2D eigenvalue weighted by molar-refractivity contribution is 7.83. The van der Waals surface area contributed by atoms with Gasteiger partial charge in [0, 0.05) is 0 Å². The molecule has 0 saturated carbocycles. The Bertz CT molecular complexity index is 329. The molecule has 0 spiro atoms. The zero-order valence-electron chi connectivity index (χ0n) is 11.8. The van der Waals surface area contributed by atoms with Crippen LogP contribution in [-0.2, 0) is 20.6 Å². The van der Waals surface area contributed by atoms with Gasteiger partial charge in [-0.2, -0.15) is 0 Å². The summed E-state index contributed by atoms with van der Waals surface area (Å²) >= 11 is -2.21. The third kappa shape index (κ3) is 8.00. The first-order chi connectivity index (χ1) is 9.04. The number of nitrogens with two attached hydrogens (primary N) is 1. The molecule has 5 nitrogen and oxygen atoms in total. The van der Waals surface area contributed by atoms with E-state index in [1.807, 2.05) is 0 Å². The Kier molecular flexibility index (Phi) is 10.5. The van der Waals surface area contributed by atoms with Crippen LogP contribution in [0.15, 0.2) is 10.6 Å². The highest BCUT2D eigenvalue weighted by Crippen LogP contribution is 2.10. The number of unbranched alkanes of at least 4 members (excludes halogenated alkanes) is 5. The minimum absolute atomic E-state index is 0.0212. The van der Waals surface area contributed by atoms with Crippen molar-refractivity contribution >= 4 is 17.0 Å². The molecule has 0 amide bonds. The van der Waals surface area contributed by atoms with E-state index in [1.54, 1.807) is 6.92 Å². The molecule has 1 unspecified atom stereocenters. The fourth-order valence-electron chi connectivity index (χ4n) is 1.65. The second-order valence-corrected chi connectivity index (χ2v) is 5.33. The molecule has 0 bridgehead atoms.